The molecule has 2 aromatic carbocycles. The second-order valence-electron chi connectivity index (χ2n) is 8.23. The Bertz CT molecular complexity index is 1360. The van der Waals surface area contributed by atoms with Crippen molar-refractivity contribution in [2.75, 3.05) is 32.8 Å². The Morgan fingerprint density at radius 1 is 1.09 bits per heavy atom. The molecule has 1 aromatic heterocycles. The van der Waals surface area contributed by atoms with E-state index in [9.17, 15) is 14.4 Å². The van der Waals surface area contributed by atoms with Gasteiger partial charge in [0.1, 0.15) is 6.54 Å². The molecule has 0 aliphatic carbocycles. The number of para-hydroxylation sites is 1. The molecular formula is C25H21Cl2N3O4S. The monoisotopic (exact) mass is 529 g/mol. The summed E-state index contributed by atoms with van der Waals surface area (Å²) in [6.45, 7) is 2.08. The van der Waals surface area contributed by atoms with Gasteiger partial charge in [-0.2, -0.15) is 0 Å². The van der Waals surface area contributed by atoms with Crippen LogP contribution in [0.4, 0.5) is 4.79 Å². The van der Waals surface area contributed by atoms with Gasteiger partial charge in [-0.15, -0.1) is 0 Å². The van der Waals surface area contributed by atoms with Crippen molar-refractivity contribution in [3.8, 4) is 0 Å². The van der Waals surface area contributed by atoms with E-state index in [0.29, 0.717) is 42.9 Å². The average Bonchev–Trinajstić information content (AvgIpc) is 3.33. The number of carbonyl (C=O) groups excluding carboxylic acids is 3. The van der Waals surface area contributed by atoms with Gasteiger partial charge in [0.2, 0.25) is 5.91 Å². The molecule has 0 spiro atoms. The summed E-state index contributed by atoms with van der Waals surface area (Å²) in [7, 11) is 0. The van der Waals surface area contributed by atoms with Crippen molar-refractivity contribution in [3.05, 3.63) is 74.7 Å². The maximum absolute atomic E-state index is 13.0. The van der Waals surface area contributed by atoms with Gasteiger partial charge in [-0.25, -0.2) is 0 Å². The second-order valence-corrected chi connectivity index (χ2v) is 10.1. The number of ether oxygens (including phenoxy) is 1. The Hall–Kier alpha value is -2.78. The lowest BCUT2D eigenvalue weighted by Crippen LogP contribution is -2.46. The van der Waals surface area contributed by atoms with Gasteiger partial charge in [0.15, 0.2) is 0 Å². The first kappa shape index (κ1) is 23.9. The van der Waals surface area contributed by atoms with E-state index in [0.717, 1.165) is 38.7 Å². The van der Waals surface area contributed by atoms with E-state index in [-0.39, 0.29) is 17.4 Å². The number of aromatic nitrogens is 1. The van der Waals surface area contributed by atoms with Crippen LogP contribution in [0.5, 0.6) is 0 Å². The van der Waals surface area contributed by atoms with Crippen LogP contribution < -0.4 is 0 Å². The van der Waals surface area contributed by atoms with Crippen LogP contribution in [0.1, 0.15) is 11.1 Å². The van der Waals surface area contributed by atoms with E-state index in [1.54, 1.807) is 23.1 Å². The van der Waals surface area contributed by atoms with Crippen LogP contribution in [0.2, 0.25) is 10.0 Å². The fourth-order valence-corrected chi connectivity index (χ4v) is 5.48. The Balaban J connectivity index is 1.41. The molecule has 2 aliphatic rings. The van der Waals surface area contributed by atoms with Crippen molar-refractivity contribution in [3.63, 3.8) is 0 Å². The zero-order valence-electron chi connectivity index (χ0n) is 18.6. The molecule has 7 nitrogen and oxygen atoms in total. The normalized spacial score (nSPS) is 17.7. The molecule has 0 N–H and O–H groups in total. The van der Waals surface area contributed by atoms with E-state index < -0.39 is 11.1 Å². The summed E-state index contributed by atoms with van der Waals surface area (Å²) in [5.74, 6) is -0.715. The van der Waals surface area contributed by atoms with Gasteiger partial charge >= 0.3 is 0 Å². The van der Waals surface area contributed by atoms with Crippen LogP contribution in [0.3, 0.4) is 0 Å². The molecular weight excluding hydrogens is 509 g/mol. The van der Waals surface area contributed by atoms with Crippen LogP contribution in [-0.2, 0) is 20.9 Å². The SMILES string of the molecule is O=C(CN1C(=O)S/C(=C\c2cn(Cc3ccc(Cl)cc3Cl)c3ccccc23)C1=O)N1CCOCC1. The number of hydrogen-bond acceptors (Lipinski definition) is 5. The van der Waals surface area contributed by atoms with E-state index in [1.165, 1.54) is 0 Å². The molecule has 2 fully saturated rings. The molecule has 3 aromatic rings. The lowest BCUT2D eigenvalue weighted by atomic mass is 10.1. The van der Waals surface area contributed by atoms with Gasteiger partial charge < -0.3 is 14.2 Å². The minimum Gasteiger partial charge on any atom is -0.378 e. The van der Waals surface area contributed by atoms with E-state index >= 15 is 0 Å². The molecule has 0 radical (unpaired) electrons. The van der Waals surface area contributed by atoms with Crippen LogP contribution in [0.15, 0.2) is 53.6 Å². The average molecular weight is 530 g/mol. The molecule has 0 saturated carbocycles. The number of morpholine rings is 1. The van der Waals surface area contributed by atoms with E-state index in [1.807, 2.05) is 41.1 Å². The number of benzene rings is 2. The number of thioether (sulfide) groups is 1. The van der Waals surface area contributed by atoms with Gasteiger partial charge in [0.25, 0.3) is 11.1 Å². The van der Waals surface area contributed by atoms with Crippen LogP contribution in [-0.4, -0.2) is 64.3 Å². The highest BCUT2D eigenvalue weighted by Gasteiger charge is 2.37. The van der Waals surface area contributed by atoms with Crippen LogP contribution >= 0.6 is 35.0 Å². The highest BCUT2D eigenvalue weighted by atomic mass is 35.5. The molecule has 0 atom stereocenters. The number of carbonyl (C=O) groups is 3. The molecule has 5 rings (SSSR count). The standard InChI is InChI=1S/C25H21Cl2N3O4S/c26-18-6-5-16(20(27)12-18)13-29-14-17(19-3-1-2-4-21(19)29)11-22-24(32)30(25(33)35-22)15-23(31)28-7-9-34-10-8-28/h1-6,11-12,14H,7-10,13,15H2/b22-11-. The first-order valence-corrected chi connectivity index (χ1v) is 12.6. The Morgan fingerprint density at radius 3 is 2.63 bits per heavy atom. The number of fused-ring (bicyclic) bond motifs is 1. The molecule has 2 aliphatic heterocycles. The maximum Gasteiger partial charge on any atom is 0.294 e. The van der Waals surface area contributed by atoms with Crippen LogP contribution in [0, 0.1) is 0 Å². The zero-order valence-corrected chi connectivity index (χ0v) is 20.9. The third kappa shape index (κ3) is 4.97. The minimum absolute atomic E-state index is 0.256. The molecule has 3 heterocycles. The largest absolute Gasteiger partial charge is 0.378 e. The first-order chi connectivity index (χ1) is 16.9. The van der Waals surface area contributed by atoms with Gasteiger partial charge in [0, 0.05) is 52.3 Å². The molecule has 0 bridgehead atoms. The summed E-state index contributed by atoms with van der Waals surface area (Å²) >= 11 is 13.3. The molecule has 10 heteroatoms. The third-order valence-corrected chi connectivity index (χ3v) is 7.49. The first-order valence-electron chi connectivity index (χ1n) is 11.0. The topological polar surface area (TPSA) is 71.9 Å². The summed E-state index contributed by atoms with van der Waals surface area (Å²) in [6.07, 6.45) is 3.65. The summed E-state index contributed by atoms with van der Waals surface area (Å²) in [5.41, 5.74) is 2.67. The van der Waals surface area contributed by atoms with Crippen molar-refractivity contribution in [1.29, 1.82) is 0 Å². The van der Waals surface area contributed by atoms with Crippen molar-refractivity contribution < 1.29 is 19.1 Å². The van der Waals surface area contributed by atoms with Gasteiger partial charge in [0.05, 0.1) is 18.1 Å². The van der Waals surface area contributed by atoms with Gasteiger partial charge in [-0.05, 0) is 41.6 Å². The lowest BCUT2D eigenvalue weighted by molar-refractivity contribution is -0.139. The number of amides is 3. The predicted octanol–water partition coefficient (Wildman–Crippen LogP) is 4.89. The minimum atomic E-state index is -0.459. The van der Waals surface area contributed by atoms with Crippen molar-refractivity contribution in [2.45, 2.75) is 6.54 Å². The molecule has 3 amide bonds. The third-order valence-electron chi connectivity index (χ3n) is 5.99. The van der Waals surface area contributed by atoms with Crippen molar-refractivity contribution >= 4 is 69.0 Å². The maximum atomic E-state index is 13.0. The van der Waals surface area contributed by atoms with Gasteiger partial charge in [-0.1, -0.05) is 47.5 Å². The van der Waals surface area contributed by atoms with Gasteiger partial charge in [-0.3, -0.25) is 19.3 Å². The van der Waals surface area contributed by atoms with Crippen molar-refractivity contribution in [1.82, 2.24) is 14.4 Å². The number of imide groups is 1. The lowest BCUT2D eigenvalue weighted by Gasteiger charge is -2.28. The quantitative estimate of drug-likeness (QED) is 0.440. The van der Waals surface area contributed by atoms with Crippen molar-refractivity contribution in [2.24, 2.45) is 0 Å². The Labute approximate surface area is 216 Å². The summed E-state index contributed by atoms with van der Waals surface area (Å²) in [4.78, 5) is 41.1. The number of nitrogens with zero attached hydrogens (tertiary/aromatic N) is 3. The molecule has 35 heavy (non-hydrogen) atoms. The molecule has 180 valence electrons. The number of halogens is 2. The smallest absolute Gasteiger partial charge is 0.294 e. The summed E-state index contributed by atoms with van der Waals surface area (Å²) < 4.78 is 7.31. The summed E-state index contributed by atoms with van der Waals surface area (Å²) in [5, 5.41) is 1.64. The Morgan fingerprint density at radius 2 is 1.86 bits per heavy atom. The van der Waals surface area contributed by atoms with E-state index in [2.05, 4.69) is 0 Å². The molecule has 0 unspecified atom stereocenters. The van der Waals surface area contributed by atoms with Crippen LogP contribution in [0.25, 0.3) is 17.0 Å². The predicted molar refractivity (Wildman–Crippen MR) is 138 cm³/mol. The second kappa shape index (κ2) is 10.1. The molecule has 2 saturated heterocycles. The fourth-order valence-electron chi connectivity index (χ4n) is 4.18. The number of rotatable bonds is 5. The highest BCUT2D eigenvalue weighted by Crippen LogP contribution is 2.34. The van der Waals surface area contributed by atoms with E-state index in [4.69, 9.17) is 27.9 Å². The zero-order chi connectivity index (χ0) is 24.5. The summed E-state index contributed by atoms with van der Waals surface area (Å²) in [6, 6.07) is 13.2. The Kier molecular flexibility index (Phi) is 6.88. The number of hydrogen-bond donors (Lipinski definition) is 0. The fraction of sp³-hybridized carbons (Fsp3) is 0.240. The highest BCUT2D eigenvalue weighted by molar-refractivity contribution is 8.18.